The summed E-state index contributed by atoms with van der Waals surface area (Å²) in [7, 11) is 2.61. The minimum atomic E-state index is -5.01. The van der Waals surface area contributed by atoms with E-state index < -0.39 is 41.3 Å². The molecule has 1 aliphatic heterocycles. The van der Waals surface area contributed by atoms with E-state index in [1.54, 1.807) is 0 Å². The van der Waals surface area contributed by atoms with E-state index in [2.05, 4.69) is 15.6 Å². The van der Waals surface area contributed by atoms with E-state index in [0.29, 0.717) is 38.1 Å². The summed E-state index contributed by atoms with van der Waals surface area (Å²) in [6.07, 6.45) is -8.66. The molecule has 0 spiro atoms. The number of imidazole rings is 1. The fourth-order valence-electron chi connectivity index (χ4n) is 4.15. The minimum absolute atomic E-state index is 0.0300. The number of aryl methyl sites for hydroxylation is 1. The topological polar surface area (TPSA) is 85.9 Å². The molecule has 0 aliphatic carbocycles. The van der Waals surface area contributed by atoms with Crippen LogP contribution in [0.2, 0.25) is 0 Å². The van der Waals surface area contributed by atoms with Crippen LogP contribution in [0.4, 0.5) is 32.3 Å². The van der Waals surface area contributed by atoms with E-state index >= 15 is 0 Å². The summed E-state index contributed by atoms with van der Waals surface area (Å²) in [6.45, 7) is 0.881. The highest BCUT2D eigenvalue weighted by Crippen LogP contribution is 2.36. The summed E-state index contributed by atoms with van der Waals surface area (Å²) < 4.78 is 83.4. The average molecular weight is 504 g/mol. The Labute approximate surface area is 194 Å². The molecule has 3 aromatic rings. The number of hydrogen-bond acceptors (Lipinski definition) is 5. The molecule has 1 aromatic carbocycles. The second kappa shape index (κ2) is 8.73. The number of aromatic nitrogens is 4. The highest BCUT2D eigenvalue weighted by Gasteiger charge is 2.37. The van der Waals surface area contributed by atoms with Gasteiger partial charge in [0.25, 0.3) is 5.56 Å². The second-order valence-corrected chi connectivity index (χ2v) is 8.48. The maximum Gasteiger partial charge on any atom is 0.416 e. The van der Waals surface area contributed by atoms with Gasteiger partial charge in [-0.05, 0) is 49.7 Å². The van der Waals surface area contributed by atoms with Crippen LogP contribution in [0.3, 0.4) is 0 Å². The van der Waals surface area contributed by atoms with Crippen molar-refractivity contribution in [3.05, 3.63) is 55.7 Å². The predicted octanol–water partition coefficient (Wildman–Crippen LogP) is 2.68. The molecule has 0 amide bonds. The van der Waals surface area contributed by atoms with Crippen LogP contribution in [-0.4, -0.2) is 37.8 Å². The third-order valence-electron chi connectivity index (χ3n) is 6.01. The summed E-state index contributed by atoms with van der Waals surface area (Å²) in [5.41, 5.74) is -4.82. The van der Waals surface area contributed by atoms with Gasteiger partial charge in [-0.3, -0.25) is 18.5 Å². The molecule has 1 saturated heterocycles. The first-order valence-corrected chi connectivity index (χ1v) is 10.7. The molecule has 1 aliphatic rings. The third kappa shape index (κ3) is 4.79. The van der Waals surface area contributed by atoms with Gasteiger partial charge in [-0.2, -0.15) is 31.3 Å². The van der Waals surface area contributed by atoms with E-state index in [0.717, 1.165) is 9.13 Å². The van der Waals surface area contributed by atoms with Crippen LogP contribution in [0, 0.1) is 0 Å². The maximum absolute atomic E-state index is 13.4. The van der Waals surface area contributed by atoms with Gasteiger partial charge in [0.05, 0.1) is 17.7 Å². The van der Waals surface area contributed by atoms with Crippen LogP contribution in [-0.2, 0) is 33.0 Å². The predicted molar refractivity (Wildman–Crippen MR) is 115 cm³/mol. The molecular formula is C21H22F6N6O2. The van der Waals surface area contributed by atoms with Gasteiger partial charge in [0, 0.05) is 20.1 Å². The number of alkyl halides is 6. The maximum atomic E-state index is 13.4. The fourth-order valence-corrected chi connectivity index (χ4v) is 4.15. The summed E-state index contributed by atoms with van der Waals surface area (Å²) in [5, 5.41) is 6.32. The molecule has 14 heteroatoms. The molecule has 4 rings (SSSR count). The largest absolute Gasteiger partial charge is 0.416 e. The van der Waals surface area contributed by atoms with Crippen molar-refractivity contribution in [1.29, 1.82) is 0 Å². The van der Waals surface area contributed by atoms with E-state index in [9.17, 15) is 35.9 Å². The van der Waals surface area contributed by atoms with Gasteiger partial charge in [-0.15, -0.1) is 0 Å². The van der Waals surface area contributed by atoms with Gasteiger partial charge in [-0.25, -0.2) is 4.79 Å². The third-order valence-corrected chi connectivity index (χ3v) is 6.01. The van der Waals surface area contributed by atoms with Crippen molar-refractivity contribution in [3.63, 3.8) is 0 Å². The number of piperidine rings is 1. The molecule has 190 valence electrons. The van der Waals surface area contributed by atoms with Crippen molar-refractivity contribution in [1.82, 2.24) is 24.0 Å². The van der Waals surface area contributed by atoms with E-state index in [-0.39, 0.29) is 34.8 Å². The number of nitrogens with one attached hydrogen (secondary N) is 2. The van der Waals surface area contributed by atoms with Crippen LogP contribution in [0.25, 0.3) is 11.2 Å². The molecule has 1 fully saturated rings. The Morgan fingerprint density at radius 2 is 1.54 bits per heavy atom. The van der Waals surface area contributed by atoms with E-state index in [1.807, 2.05) is 0 Å². The number of rotatable bonds is 4. The normalized spacial score (nSPS) is 15.7. The highest BCUT2D eigenvalue weighted by atomic mass is 19.4. The van der Waals surface area contributed by atoms with Crippen LogP contribution >= 0.6 is 0 Å². The first kappa shape index (κ1) is 24.8. The molecular weight excluding hydrogens is 482 g/mol. The van der Waals surface area contributed by atoms with Crippen molar-refractivity contribution < 1.29 is 26.3 Å². The lowest BCUT2D eigenvalue weighted by Gasteiger charge is -2.24. The summed E-state index contributed by atoms with van der Waals surface area (Å²) in [5.74, 6) is 0.0798. The molecule has 2 N–H and O–H groups in total. The molecule has 0 bridgehead atoms. The number of halogens is 6. The van der Waals surface area contributed by atoms with Crippen LogP contribution in [0.15, 0.2) is 27.8 Å². The Kier molecular flexibility index (Phi) is 6.19. The Hall–Kier alpha value is -3.29. The molecule has 35 heavy (non-hydrogen) atoms. The Bertz CT molecular complexity index is 1350. The van der Waals surface area contributed by atoms with Gasteiger partial charge in [0.1, 0.15) is 0 Å². The van der Waals surface area contributed by atoms with Gasteiger partial charge in [-0.1, -0.05) is 0 Å². The van der Waals surface area contributed by atoms with Crippen molar-refractivity contribution in [3.8, 4) is 0 Å². The first-order valence-electron chi connectivity index (χ1n) is 10.7. The summed E-state index contributed by atoms with van der Waals surface area (Å²) in [6, 6.07) is 1.18. The van der Waals surface area contributed by atoms with Crippen molar-refractivity contribution >= 4 is 17.1 Å². The van der Waals surface area contributed by atoms with E-state index in [1.165, 1.54) is 18.7 Å². The lowest BCUT2D eigenvalue weighted by atomic mass is 10.0. The molecule has 0 saturated carbocycles. The lowest BCUT2D eigenvalue weighted by molar-refractivity contribution is -0.143. The van der Waals surface area contributed by atoms with Crippen molar-refractivity contribution in [2.24, 2.45) is 14.1 Å². The zero-order chi connectivity index (χ0) is 25.7. The monoisotopic (exact) mass is 504 g/mol. The minimum Gasteiger partial charge on any atom is -0.353 e. The van der Waals surface area contributed by atoms with Crippen molar-refractivity contribution in [2.75, 3.05) is 18.4 Å². The molecule has 8 nitrogen and oxygen atoms in total. The fraction of sp³-hybridized carbons (Fsp3) is 0.476. The smallest absolute Gasteiger partial charge is 0.353 e. The molecule has 3 heterocycles. The van der Waals surface area contributed by atoms with Gasteiger partial charge in [0.2, 0.25) is 5.95 Å². The SMILES string of the molecule is Cn1c(=O)c2c(nc(NC3CCNCC3)n2Cc2cc(C(F)(F)F)cc(C(F)(F)F)c2)n(C)c1=O. The first-order chi connectivity index (χ1) is 16.3. The van der Waals surface area contributed by atoms with Crippen LogP contribution in [0.5, 0.6) is 0 Å². The van der Waals surface area contributed by atoms with Gasteiger partial charge >= 0.3 is 18.0 Å². The number of nitrogens with zero attached hydrogens (tertiary/aromatic N) is 4. The van der Waals surface area contributed by atoms with Gasteiger partial charge < -0.3 is 10.6 Å². The summed E-state index contributed by atoms with van der Waals surface area (Å²) >= 11 is 0. The number of benzene rings is 1. The molecule has 0 unspecified atom stereocenters. The summed E-state index contributed by atoms with van der Waals surface area (Å²) in [4.78, 5) is 29.7. The quantitative estimate of drug-likeness (QED) is 0.534. The zero-order valence-electron chi connectivity index (χ0n) is 18.7. The Balaban J connectivity index is 1.92. The zero-order valence-corrected chi connectivity index (χ0v) is 18.7. The molecule has 2 aromatic heterocycles. The average Bonchev–Trinajstić information content (AvgIpc) is 3.13. The lowest BCUT2D eigenvalue weighted by Crippen LogP contribution is -2.37. The second-order valence-electron chi connectivity index (χ2n) is 8.48. The number of anilines is 1. The highest BCUT2D eigenvalue weighted by molar-refractivity contribution is 5.74. The number of hydrogen-bond donors (Lipinski definition) is 2. The van der Waals surface area contributed by atoms with Gasteiger partial charge in [0.15, 0.2) is 11.2 Å². The molecule has 0 atom stereocenters. The standard InChI is InChI=1S/C21H22F6N6O2/c1-31-16-15(17(34)32(2)19(31)35)33(18(30-16)29-14-3-5-28-6-4-14)10-11-7-12(20(22,23)24)9-13(8-11)21(25,26)27/h7-9,14,28H,3-6,10H2,1-2H3,(H,29,30). The Morgan fingerprint density at radius 1 is 0.971 bits per heavy atom. The van der Waals surface area contributed by atoms with Crippen molar-refractivity contribution in [2.45, 2.75) is 37.8 Å². The Morgan fingerprint density at radius 3 is 2.09 bits per heavy atom. The number of fused-ring (bicyclic) bond motifs is 1. The molecule has 0 radical (unpaired) electrons. The van der Waals surface area contributed by atoms with Crippen LogP contribution < -0.4 is 21.9 Å². The van der Waals surface area contributed by atoms with Crippen LogP contribution in [0.1, 0.15) is 29.5 Å². The van der Waals surface area contributed by atoms with E-state index in [4.69, 9.17) is 0 Å².